The van der Waals surface area contributed by atoms with Gasteiger partial charge in [-0.3, -0.25) is 15.0 Å². The fraction of sp³-hybridized carbons (Fsp3) is 0.393. The Morgan fingerprint density at radius 1 is 1.11 bits per heavy atom. The first-order valence-electron chi connectivity index (χ1n) is 12.5. The molecule has 10 heteroatoms. The quantitative estimate of drug-likeness (QED) is 0.513. The van der Waals surface area contributed by atoms with E-state index in [0.717, 1.165) is 5.56 Å². The predicted molar refractivity (Wildman–Crippen MR) is 140 cm³/mol. The number of carbonyl (C=O) groups excluding carboxylic acids is 3. The Labute approximate surface area is 222 Å². The van der Waals surface area contributed by atoms with Gasteiger partial charge in [-0.2, -0.15) is 0 Å². The zero-order valence-corrected chi connectivity index (χ0v) is 21.2. The molecule has 5 atom stereocenters. The second-order valence-corrected chi connectivity index (χ2v) is 9.25. The third-order valence-corrected chi connectivity index (χ3v) is 6.80. The molecule has 0 bridgehead atoms. The number of benzene rings is 2. The zero-order chi connectivity index (χ0) is 27.1. The van der Waals surface area contributed by atoms with Crippen LogP contribution in [0.15, 0.2) is 60.7 Å². The standard InChI is InChI=1S/C28H32N4O6/c1-3-16-36-19(2)24(29)26(33)31-15-14-22-25(31)23(38-27(34)30-21-12-8-5-9-13-21)17-32(22)28(35)37-18-20-10-6-4-7-11-20/h1,4-13,19,22-25H,14-18,29H2,2H3,(H,30,34). The van der Waals surface area contributed by atoms with Crippen molar-refractivity contribution in [3.05, 3.63) is 66.2 Å². The number of fused-ring (bicyclic) bond motifs is 1. The molecule has 0 radical (unpaired) electrons. The minimum atomic E-state index is -0.972. The SMILES string of the molecule is C#CCOC(C)C(N)C(=O)N1CCC2C1C(OC(=O)Nc1ccccc1)CN2C(=O)OCc1ccccc1. The van der Waals surface area contributed by atoms with E-state index in [0.29, 0.717) is 18.7 Å². The number of nitrogens with zero attached hydrogens (tertiary/aromatic N) is 2. The van der Waals surface area contributed by atoms with E-state index in [-0.39, 0.29) is 25.7 Å². The van der Waals surface area contributed by atoms with E-state index >= 15 is 0 Å². The van der Waals surface area contributed by atoms with Gasteiger partial charge in [0, 0.05) is 12.2 Å². The first-order chi connectivity index (χ1) is 18.4. The van der Waals surface area contributed by atoms with E-state index in [1.807, 2.05) is 36.4 Å². The molecular formula is C28H32N4O6. The lowest BCUT2D eigenvalue weighted by Gasteiger charge is -2.31. The topological polar surface area (TPSA) is 123 Å². The molecule has 38 heavy (non-hydrogen) atoms. The monoisotopic (exact) mass is 520 g/mol. The highest BCUT2D eigenvalue weighted by Crippen LogP contribution is 2.35. The van der Waals surface area contributed by atoms with Gasteiger partial charge < -0.3 is 24.8 Å². The molecule has 0 saturated carbocycles. The number of anilines is 1. The normalized spacial score (nSPS) is 21.7. The second kappa shape index (κ2) is 12.4. The molecule has 2 aromatic rings. The smallest absolute Gasteiger partial charge is 0.412 e. The largest absolute Gasteiger partial charge is 0.445 e. The molecule has 0 spiro atoms. The van der Waals surface area contributed by atoms with Crippen molar-refractivity contribution in [3.8, 4) is 12.3 Å². The Balaban J connectivity index is 1.49. The van der Waals surface area contributed by atoms with Gasteiger partial charge in [-0.25, -0.2) is 9.59 Å². The molecule has 2 saturated heterocycles. The van der Waals surface area contributed by atoms with Gasteiger partial charge in [0.2, 0.25) is 5.91 Å². The lowest BCUT2D eigenvalue weighted by Crippen LogP contribution is -2.55. The van der Waals surface area contributed by atoms with Crippen LogP contribution < -0.4 is 11.1 Å². The summed E-state index contributed by atoms with van der Waals surface area (Å²) in [7, 11) is 0. The van der Waals surface area contributed by atoms with Gasteiger partial charge in [0.1, 0.15) is 25.4 Å². The number of rotatable bonds is 8. The van der Waals surface area contributed by atoms with Crippen LogP contribution in [-0.4, -0.2) is 77.9 Å². The Morgan fingerprint density at radius 2 is 1.79 bits per heavy atom. The first kappa shape index (κ1) is 27.0. The van der Waals surface area contributed by atoms with Crippen molar-refractivity contribution in [2.45, 2.75) is 50.3 Å². The molecular weight excluding hydrogens is 488 g/mol. The maximum absolute atomic E-state index is 13.4. The highest BCUT2D eigenvalue weighted by molar-refractivity contribution is 5.85. The van der Waals surface area contributed by atoms with Crippen LogP contribution in [-0.2, 0) is 25.6 Å². The van der Waals surface area contributed by atoms with Crippen molar-refractivity contribution in [3.63, 3.8) is 0 Å². The molecule has 0 aliphatic carbocycles. The zero-order valence-electron chi connectivity index (χ0n) is 21.2. The minimum absolute atomic E-state index is 0.0284. The molecule has 2 heterocycles. The van der Waals surface area contributed by atoms with Crippen LogP contribution in [0, 0.1) is 12.3 Å². The van der Waals surface area contributed by atoms with E-state index in [1.165, 1.54) is 4.90 Å². The summed E-state index contributed by atoms with van der Waals surface area (Å²) >= 11 is 0. The number of hydrogen-bond acceptors (Lipinski definition) is 7. The van der Waals surface area contributed by atoms with Gasteiger partial charge in [0.25, 0.3) is 0 Å². The summed E-state index contributed by atoms with van der Waals surface area (Å²) in [6.07, 6.45) is 3.12. The molecule has 2 fully saturated rings. The molecule has 2 aliphatic rings. The third kappa shape index (κ3) is 6.25. The van der Waals surface area contributed by atoms with Crippen molar-refractivity contribution in [1.29, 1.82) is 0 Å². The molecule has 200 valence electrons. The fourth-order valence-electron chi connectivity index (χ4n) is 4.88. The molecule has 5 unspecified atom stereocenters. The summed E-state index contributed by atoms with van der Waals surface area (Å²) in [5, 5.41) is 2.68. The van der Waals surface area contributed by atoms with Crippen LogP contribution in [0.3, 0.4) is 0 Å². The minimum Gasteiger partial charge on any atom is -0.445 e. The molecule has 3 N–H and O–H groups in total. The average molecular weight is 521 g/mol. The lowest BCUT2D eigenvalue weighted by atomic mass is 10.1. The van der Waals surface area contributed by atoms with Gasteiger partial charge in [-0.15, -0.1) is 6.42 Å². The molecule has 10 nitrogen and oxygen atoms in total. The Morgan fingerprint density at radius 3 is 2.47 bits per heavy atom. The Hall–Kier alpha value is -4.07. The van der Waals surface area contributed by atoms with Crippen LogP contribution in [0.1, 0.15) is 18.9 Å². The summed E-state index contributed by atoms with van der Waals surface area (Å²) in [5.74, 6) is 2.00. The average Bonchev–Trinajstić information content (AvgIpc) is 3.52. The maximum atomic E-state index is 13.4. The van der Waals surface area contributed by atoms with Crippen molar-refractivity contribution >= 4 is 23.8 Å². The van der Waals surface area contributed by atoms with Gasteiger partial charge in [0.15, 0.2) is 0 Å². The van der Waals surface area contributed by atoms with Crippen molar-refractivity contribution < 1.29 is 28.6 Å². The number of amides is 3. The second-order valence-electron chi connectivity index (χ2n) is 9.25. The van der Waals surface area contributed by atoms with E-state index in [1.54, 1.807) is 36.1 Å². The van der Waals surface area contributed by atoms with E-state index in [9.17, 15) is 14.4 Å². The summed E-state index contributed by atoms with van der Waals surface area (Å²) in [6, 6.07) is 16.2. The summed E-state index contributed by atoms with van der Waals surface area (Å²) in [4.78, 5) is 42.3. The summed E-state index contributed by atoms with van der Waals surface area (Å²) in [6.45, 7) is 2.22. The maximum Gasteiger partial charge on any atom is 0.412 e. The molecule has 0 aromatic heterocycles. The lowest BCUT2D eigenvalue weighted by molar-refractivity contribution is -0.138. The van der Waals surface area contributed by atoms with Crippen molar-refractivity contribution in [2.24, 2.45) is 5.73 Å². The number of hydrogen-bond donors (Lipinski definition) is 2. The third-order valence-electron chi connectivity index (χ3n) is 6.80. The number of carbonyl (C=O) groups is 3. The fourth-order valence-corrected chi connectivity index (χ4v) is 4.88. The van der Waals surface area contributed by atoms with Gasteiger partial charge in [-0.05, 0) is 31.0 Å². The molecule has 4 rings (SSSR count). The number of terminal acetylenes is 1. The predicted octanol–water partition coefficient (Wildman–Crippen LogP) is 2.59. The number of para-hydroxylation sites is 1. The Kier molecular flexibility index (Phi) is 8.84. The van der Waals surface area contributed by atoms with E-state index < -0.39 is 42.5 Å². The first-order valence-corrected chi connectivity index (χ1v) is 12.5. The van der Waals surface area contributed by atoms with Crippen molar-refractivity contribution in [2.75, 3.05) is 25.0 Å². The van der Waals surface area contributed by atoms with Crippen LogP contribution in [0.25, 0.3) is 0 Å². The van der Waals surface area contributed by atoms with E-state index in [4.69, 9.17) is 26.4 Å². The molecule has 2 aliphatic heterocycles. The summed E-state index contributed by atoms with van der Waals surface area (Å²) in [5.41, 5.74) is 7.62. The van der Waals surface area contributed by atoms with E-state index in [2.05, 4.69) is 11.2 Å². The van der Waals surface area contributed by atoms with Gasteiger partial charge in [-0.1, -0.05) is 54.5 Å². The van der Waals surface area contributed by atoms with Crippen LogP contribution in [0.4, 0.5) is 15.3 Å². The molecule has 2 aromatic carbocycles. The number of nitrogens with one attached hydrogen (secondary N) is 1. The molecule has 3 amide bonds. The highest BCUT2D eigenvalue weighted by atomic mass is 16.6. The Bertz CT molecular complexity index is 1150. The van der Waals surface area contributed by atoms with Gasteiger partial charge >= 0.3 is 12.2 Å². The number of likely N-dealkylation sites (tertiary alicyclic amines) is 2. The van der Waals surface area contributed by atoms with Crippen molar-refractivity contribution in [1.82, 2.24) is 9.80 Å². The van der Waals surface area contributed by atoms with Crippen LogP contribution >= 0.6 is 0 Å². The number of ether oxygens (including phenoxy) is 3. The van der Waals surface area contributed by atoms with Crippen LogP contribution in [0.2, 0.25) is 0 Å². The highest BCUT2D eigenvalue weighted by Gasteiger charge is 2.54. The summed E-state index contributed by atoms with van der Waals surface area (Å²) < 4.78 is 16.8. The van der Waals surface area contributed by atoms with Crippen LogP contribution in [0.5, 0.6) is 0 Å². The number of nitrogens with two attached hydrogens (primary N) is 1. The van der Waals surface area contributed by atoms with Gasteiger partial charge in [0.05, 0.1) is 24.7 Å².